The number of amides is 1. The highest BCUT2D eigenvalue weighted by atomic mass is 28.4. The summed E-state index contributed by atoms with van der Waals surface area (Å²) in [5.41, 5.74) is 1.85. The molecule has 0 radical (unpaired) electrons. The smallest absolute Gasteiger partial charge is 0.408 e. The molecule has 29 heavy (non-hydrogen) atoms. The van der Waals surface area contributed by atoms with Gasteiger partial charge in [-0.15, -0.1) is 0 Å². The monoisotopic (exact) mass is 421 g/mol. The third-order valence-electron chi connectivity index (χ3n) is 5.25. The van der Waals surface area contributed by atoms with E-state index < -0.39 is 26.1 Å². The zero-order valence-electron chi connectivity index (χ0n) is 19.5. The number of hydrogen-bond acceptors (Lipinski definition) is 4. The van der Waals surface area contributed by atoms with E-state index in [0.29, 0.717) is 23.0 Å². The van der Waals surface area contributed by atoms with Gasteiger partial charge in [-0.2, -0.15) is 0 Å². The predicted octanol–water partition coefficient (Wildman–Crippen LogP) is 5.88. The number of rotatable bonds is 9. The Kier molecular flexibility index (Phi) is 8.94. The fourth-order valence-electron chi connectivity index (χ4n) is 4.10. The van der Waals surface area contributed by atoms with Crippen molar-refractivity contribution in [1.82, 2.24) is 5.32 Å². The second-order valence-electron chi connectivity index (χ2n) is 9.66. The van der Waals surface area contributed by atoms with Gasteiger partial charge in [0, 0.05) is 0 Å². The first-order valence-corrected chi connectivity index (χ1v) is 12.7. The Bertz CT molecular complexity index is 641. The lowest BCUT2D eigenvalue weighted by Crippen LogP contribution is -2.50. The summed E-state index contributed by atoms with van der Waals surface area (Å²) in [6, 6.07) is 7.23. The van der Waals surface area contributed by atoms with Gasteiger partial charge >= 0.3 is 6.09 Å². The number of carbonyl (C=O) groups excluding carboxylic acids is 2. The van der Waals surface area contributed by atoms with Gasteiger partial charge in [-0.05, 0) is 61.5 Å². The van der Waals surface area contributed by atoms with E-state index in [1.807, 2.05) is 24.3 Å². The first kappa shape index (κ1) is 25.2. The second kappa shape index (κ2) is 10.3. The Morgan fingerprint density at radius 2 is 1.48 bits per heavy atom. The largest absolute Gasteiger partial charge is 0.543 e. The molecule has 1 rings (SSSR count). The van der Waals surface area contributed by atoms with Crippen molar-refractivity contribution in [2.45, 2.75) is 97.0 Å². The topological polar surface area (TPSA) is 64.6 Å². The summed E-state index contributed by atoms with van der Waals surface area (Å²) in [6.07, 6.45) is 0.559. The molecule has 0 aliphatic rings. The fraction of sp³-hybridized carbons (Fsp3) is 0.652. The van der Waals surface area contributed by atoms with Gasteiger partial charge in [0.05, 0.1) is 6.04 Å². The molecule has 0 spiro atoms. The fourth-order valence-corrected chi connectivity index (χ4v) is 9.35. The van der Waals surface area contributed by atoms with Crippen LogP contribution >= 0.6 is 0 Å². The maximum atomic E-state index is 11.9. The molecule has 0 aromatic heterocycles. The summed E-state index contributed by atoms with van der Waals surface area (Å²) in [7, 11) is -2.00. The Balaban J connectivity index is 2.87. The molecule has 1 amide bonds. The highest BCUT2D eigenvalue weighted by molar-refractivity contribution is 6.78. The number of aldehydes is 1. The lowest BCUT2D eigenvalue weighted by molar-refractivity contribution is -0.109. The van der Waals surface area contributed by atoms with Gasteiger partial charge in [-0.25, -0.2) is 4.79 Å². The van der Waals surface area contributed by atoms with E-state index in [-0.39, 0.29) is 0 Å². The van der Waals surface area contributed by atoms with Crippen molar-refractivity contribution in [3.63, 3.8) is 0 Å². The van der Waals surface area contributed by atoms with E-state index in [1.165, 1.54) is 0 Å². The SMILES string of the molecule is CC(C)[Si](Oc1ccc(C[C@@H](C=O)NC(=O)OC(C)(C)C)cc1)(C(C)C)C(C)C. The number of ether oxygens (including phenoxy) is 1. The Morgan fingerprint density at radius 1 is 1.00 bits per heavy atom. The number of nitrogens with one attached hydrogen (secondary N) is 1. The Labute approximate surface area is 177 Å². The lowest BCUT2D eigenvalue weighted by Gasteiger charge is -2.42. The quantitative estimate of drug-likeness (QED) is 0.400. The first-order valence-electron chi connectivity index (χ1n) is 10.5. The lowest BCUT2D eigenvalue weighted by atomic mass is 10.1. The van der Waals surface area contributed by atoms with Crippen LogP contribution in [0.4, 0.5) is 4.79 Å². The van der Waals surface area contributed by atoms with Crippen molar-refractivity contribution < 1.29 is 18.8 Å². The average Bonchev–Trinajstić information content (AvgIpc) is 2.57. The standard InChI is InChI=1S/C23H39NO4Si/c1-16(2)29(17(3)4,18(5)6)28-21-12-10-19(11-13-21)14-20(15-25)24-22(26)27-23(7,8)9/h10-13,15-18,20H,14H2,1-9H3,(H,24,26)/t20-/m0/s1. The molecule has 6 heteroatoms. The van der Waals surface area contributed by atoms with Crippen molar-refractivity contribution in [3.05, 3.63) is 29.8 Å². The molecule has 0 aliphatic heterocycles. The zero-order valence-corrected chi connectivity index (χ0v) is 20.5. The molecular formula is C23H39NO4Si. The first-order chi connectivity index (χ1) is 13.3. The highest BCUT2D eigenvalue weighted by Crippen LogP contribution is 2.42. The molecule has 0 aliphatic carbocycles. The van der Waals surface area contributed by atoms with Crippen LogP contribution in [0.2, 0.25) is 16.6 Å². The van der Waals surface area contributed by atoms with Gasteiger partial charge in [-0.1, -0.05) is 53.7 Å². The highest BCUT2D eigenvalue weighted by Gasteiger charge is 2.46. The van der Waals surface area contributed by atoms with Crippen molar-refractivity contribution in [1.29, 1.82) is 0 Å². The molecule has 0 unspecified atom stereocenters. The van der Waals surface area contributed by atoms with Crippen LogP contribution in [0.1, 0.15) is 67.9 Å². The Morgan fingerprint density at radius 3 is 1.86 bits per heavy atom. The molecule has 0 heterocycles. The normalized spacial score (nSPS) is 13.5. The van der Waals surface area contributed by atoms with E-state index in [0.717, 1.165) is 17.6 Å². The van der Waals surface area contributed by atoms with Crippen LogP contribution in [-0.4, -0.2) is 32.3 Å². The molecule has 0 saturated heterocycles. The number of hydrogen-bond donors (Lipinski definition) is 1. The average molecular weight is 422 g/mol. The minimum absolute atomic E-state index is 0.407. The summed E-state index contributed by atoms with van der Waals surface area (Å²) in [5, 5.41) is 2.62. The number of carbonyl (C=O) groups is 2. The minimum atomic E-state index is -2.00. The third kappa shape index (κ3) is 7.18. The van der Waals surface area contributed by atoms with Crippen LogP contribution < -0.4 is 9.74 Å². The Hall–Kier alpha value is -1.82. The summed E-state index contributed by atoms with van der Waals surface area (Å²) in [5.74, 6) is 0.874. The summed E-state index contributed by atoms with van der Waals surface area (Å²) in [4.78, 5) is 23.3. The molecule has 1 aromatic carbocycles. The van der Waals surface area contributed by atoms with E-state index in [9.17, 15) is 9.59 Å². The van der Waals surface area contributed by atoms with E-state index in [4.69, 9.17) is 9.16 Å². The van der Waals surface area contributed by atoms with Gasteiger partial charge in [0.1, 0.15) is 17.6 Å². The number of alkyl carbamates (subject to hydrolysis) is 1. The van der Waals surface area contributed by atoms with Crippen molar-refractivity contribution in [2.75, 3.05) is 0 Å². The summed E-state index contributed by atoms with van der Waals surface area (Å²) >= 11 is 0. The van der Waals surface area contributed by atoms with Crippen LogP contribution in [-0.2, 0) is 16.0 Å². The predicted molar refractivity (Wildman–Crippen MR) is 121 cm³/mol. The van der Waals surface area contributed by atoms with Crippen LogP contribution in [0.15, 0.2) is 24.3 Å². The molecule has 0 saturated carbocycles. The molecular weight excluding hydrogens is 382 g/mol. The van der Waals surface area contributed by atoms with E-state index in [2.05, 4.69) is 46.9 Å². The molecule has 164 valence electrons. The maximum absolute atomic E-state index is 11.9. The second-order valence-corrected chi connectivity index (χ2v) is 15.0. The molecule has 5 nitrogen and oxygen atoms in total. The summed E-state index contributed by atoms with van der Waals surface area (Å²) < 4.78 is 11.9. The van der Waals surface area contributed by atoms with Crippen LogP contribution in [0, 0.1) is 0 Å². The minimum Gasteiger partial charge on any atom is -0.543 e. The van der Waals surface area contributed by atoms with Gasteiger partial charge in [0.2, 0.25) is 0 Å². The zero-order chi connectivity index (χ0) is 22.4. The van der Waals surface area contributed by atoms with Crippen molar-refractivity contribution >= 4 is 20.7 Å². The maximum Gasteiger partial charge on any atom is 0.408 e. The molecule has 0 bridgehead atoms. The van der Waals surface area contributed by atoms with Gasteiger partial charge in [0.15, 0.2) is 0 Å². The van der Waals surface area contributed by atoms with Crippen molar-refractivity contribution in [2.24, 2.45) is 0 Å². The van der Waals surface area contributed by atoms with E-state index >= 15 is 0 Å². The van der Waals surface area contributed by atoms with Gasteiger partial charge < -0.3 is 19.3 Å². The van der Waals surface area contributed by atoms with Gasteiger partial charge in [-0.3, -0.25) is 0 Å². The molecule has 1 N–H and O–H groups in total. The van der Waals surface area contributed by atoms with Crippen LogP contribution in [0.25, 0.3) is 0 Å². The van der Waals surface area contributed by atoms with Gasteiger partial charge in [0.25, 0.3) is 8.32 Å². The van der Waals surface area contributed by atoms with E-state index in [1.54, 1.807) is 20.8 Å². The van der Waals surface area contributed by atoms with Crippen molar-refractivity contribution in [3.8, 4) is 5.75 Å². The number of benzene rings is 1. The van der Waals surface area contributed by atoms with Crippen LogP contribution in [0.5, 0.6) is 5.75 Å². The molecule has 1 atom stereocenters. The third-order valence-corrected chi connectivity index (χ3v) is 11.3. The molecule has 1 aromatic rings. The molecule has 0 fully saturated rings. The van der Waals surface area contributed by atoms with Crippen LogP contribution in [0.3, 0.4) is 0 Å². The summed E-state index contributed by atoms with van der Waals surface area (Å²) in [6.45, 7) is 18.9.